The Morgan fingerprint density at radius 2 is 0.913 bits per heavy atom. The molecule has 0 unspecified atom stereocenters. The fourth-order valence-corrected chi connectivity index (χ4v) is 7.04. The fourth-order valence-electron chi connectivity index (χ4n) is 2.63. The Kier molecular flexibility index (Phi) is 5.34. The summed E-state index contributed by atoms with van der Waals surface area (Å²) in [5, 5.41) is 0. The molecule has 0 saturated heterocycles. The summed E-state index contributed by atoms with van der Waals surface area (Å²) in [4.78, 5) is 4.33. The molecular formula is C20H28O2Sn. The third kappa shape index (κ3) is 4.03. The first-order valence-corrected chi connectivity index (χ1v) is 16.2. The molecule has 2 aromatic rings. The Hall–Kier alpha value is -1.16. The van der Waals surface area contributed by atoms with Gasteiger partial charge in [0.05, 0.1) is 0 Å². The number of aryl methyl sites for hydroxylation is 2. The molecule has 0 radical (unpaired) electrons. The SMILES string of the molecule is Cc1ccc([O][Sn]([CH3])([CH3])[O]c2ccc(C)c(C)c2C)c(C)c1C. The molecule has 0 heterocycles. The Balaban J connectivity index is 2.27. The van der Waals surface area contributed by atoms with E-state index < -0.39 is 19.2 Å². The molecule has 0 aliphatic heterocycles. The predicted molar refractivity (Wildman–Crippen MR) is 100 cm³/mol. The molecule has 3 heteroatoms. The Morgan fingerprint density at radius 3 is 1.26 bits per heavy atom. The van der Waals surface area contributed by atoms with E-state index in [9.17, 15) is 0 Å². The standard InChI is InChI=1S/2C9H12O.2CH3.Sn/c2*1-6-4-5-9(10)8(3)7(6)2;;;/h2*4-5,10H,1-3H3;2*1H3;/q;;;;+2/p-2. The van der Waals surface area contributed by atoms with Gasteiger partial charge in [0.25, 0.3) is 0 Å². The third-order valence-electron chi connectivity index (χ3n) is 4.73. The molecule has 0 bridgehead atoms. The Bertz CT molecular complexity index is 671. The molecule has 0 N–H and O–H groups in total. The van der Waals surface area contributed by atoms with Gasteiger partial charge >= 0.3 is 146 Å². The first-order valence-electron chi connectivity index (χ1n) is 8.14. The number of rotatable bonds is 4. The molecule has 0 spiro atoms. The molecule has 0 aromatic heterocycles. The maximum atomic E-state index is 6.39. The minimum atomic E-state index is -3.14. The first kappa shape index (κ1) is 18.2. The van der Waals surface area contributed by atoms with Crippen molar-refractivity contribution in [2.75, 3.05) is 0 Å². The topological polar surface area (TPSA) is 18.5 Å². The Morgan fingerprint density at radius 1 is 0.565 bits per heavy atom. The van der Waals surface area contributed by atoms with E-state index >= 15 is 0 Å². The number of hydrogen-bond donors (Lipinski definition) is 0. The molecule has 2 aromatic carbocycles. The van der Waals surface area contributed by atoms with Gasteiger partial charge in [0, 0.05) is 0 Å². The van der Waals surface area contributed by atoms with E-state index in [1.165, 1.54) is 33.4 Å². The van der Waals surface area contributed by atoms with Crippen LogP contribution in [0.25, 0.3) is 0 Å². The summed E-state index contributed by atoms with van der Waals surface area (Å²) >= 11 is -3.14. The van der Waals surface area contributed by atoms with Crippen LogP contribution in [0.15, 0.2) is 24.3 Å². The van der Waals surface area contributed by atoms with Crippen LogP contribution >= 0.6 is 0 Å². The maximum absolute atomic E-state index is 6.39. The van der Waals surface area contributed by atoms with Gasteiger partial charge in [-0.2, -0.15) is 0 Å². The van der Waals surface area contributed by atoms with Crippen molar-refractivity contribution in [1.82, 2.24) is 0 Å². The van der Waals surface area contributed by atoms with Gasteiger partial charge in [-0.3, -0.25) is 0 Å². The van der Waals surface area contributed by atoms with Crippen LogP contribution in [0.2, 0.25) is 9.88 Å². The molecule has 0 aliphatic rings. The number of benzene rings is 2. The van der Waals surface area contributed by atoms with E-state index in [0.717, 1.165) is 11.5 Å². The van der Waals surface area contributed by atoms with E-state index in [1.54, 1.807) is 0 Å². The summed E-state index contributed by atoms with van der Waals surface area (Å²) in [5.41, 5.74) is 7.63. The van der Waals surface area contributed by atoms with Crippen LogP contribution in [0, 0.1) is 41.5 Å². The van der Waals surface area contributed by atoms with Gasteiger partial charge in [-0.25, -0.2) is 0 Å². The van der Waals surface area contributed by atoms with Gasteiger partial charge in [0.15, 0.2) is 0 Å². The zero-order valence-corrected chi connectivity index (χ0v) is 18.5. The van der Waals surface area contributed by atoms with E-state index in [0.29, 0.717) is 0 Å². The molecular weight excluding hydrogens is 391 g/mol. The van der Waals surface area contributed by atoms with Gasteiger partial charge in [-0.1, -0.05) is 0 Å². The van der Waals surface area contributed by atoms with Crippen LogP contribution in [0.4, 0.5) is 0 Å². The zero-order chi connectivity index (χ0) is 17.4. The summed E-state index contributed by atoms with van der Waals surface area (Å²) in [6.45, 7) is 12.8. The van der Waals surface area contributed by atoms with Crippen molar-refractivity contribution < 1.29 is 6.15 Å². The van der Waals surface area contributed by atoms with Gasteiger partial charge in [-0.15, -0.1) is 0 Å². The molecule has 2 nitrogen and oxygen atoms in total. The molecule has 124 valence electrons. The fraction of sp³-hybridized carbons (Fsp3) is 0.400. The molecule has 0 saturated carbocycles. The van der Waals surface area contributed by atoms with Crippen molar-refractivity contribution in [3.63, 3.8) is 0 Å². The summed E-state index contributed by atoms with van der Waals surface area (Å²) in [6.07, 6.45) is 0. The monoisotopic (exact) mass is 420 g/mol. The van der Waals surface area contributed by atoms with Crippen molar-refractivity contribution in [2.45, 2.75) is 51.4 Å². The summed E-state index contributed by atoms with van der Waals surface area (Å²) < 4.78 is 12.8. The van der Waals surface area contributed by atoms with Crippen LogP contribution in [0.3, 0.4) is 0 Å². The van der Waals surface area contributed by atoms with Crippen LogP contribution in [0.5, 0.6) is 11.5 Å². The van der Waals surface area contributed by atoms with Crippen molar-refractivity contribution >= 4 is 19.2 Å². The first-order chi connectivity index (χ1) is 10.6. The van der Waals surface area contributed by atoms with Gasteiger partial charge < -0.3 is 0 Å². The molecule has 0 atom stereocenters. The van der Waals surface area contributed by atoms with E-state index in [4.69, 9.17) is 6.15 Å². The van der Waals surface area contributed by atoms with Crippen LogP contribution < -0.4 is 6.15 Å². The number of hydrogen-bond acceptors (Lipinski definition) is 2. The van der Waals surface area contributed by atoms with Crippen LogP contribution in [-0.2, 0) is 0 Å². The predicted octanol–water partition coefficient (Wildman–Crippen LogP) is 5.70. The van der Waals surface area contributed by atoms with Crippen molar-refractivity contribution in [2.24, 2.45) is 0 Å². The van der Waals surface area contributed by atoms with Gasteiger partial charge in [-0.05, 0) is 0 Å². The van der Waals surface area contributed by atoms with Crippen LogP contribution in [0.1, 0.15) is 33.4 Å². The summed E-state index contributed by atoms with van der Waals surface area (Å²) in [5.74, 6) is 1.94. The minimum absolute atomic E-state index is 0.968. The van der Waals surface area contributed by atoms with Crippen molar-refractivity contribution in [3.05, 3.63) is 57.6 Å². The van der Waals surface area contributed by atoms with E-state index in [2.05, 4.69) is 75.7 Å². The quantitative estimate of drug-likeness (QED) is 0.593. The summed E-state index contributed by atoms with van der Waals surface area (Å²) in [7, 11) is 0. The molecule has 0 fully saturated rings. The average molecular weight is 419 g/mol. The summed E-state index contributed by atoms with van der Waals surface area (Å²) in [6, 6.07) is 8.40. The molecule has 0 aliphatic carbocycles. The average Bonchev–Trinajstić information content (AvgIpc) is 2.48. The Labute approximate surface area is 145 Å². The molecule has 23 heavy (non-hydrogen) atoms. The second-order valence-electron chi connectivity index (χ2n) is 6.87. The van der Waals surface area contributed by atoms with Gasteiger partial charge in [0.1, 0.15) is 0 Å². The second-order valence-corrected chi connectivity index (χ2v) is 16.0. The van der Waals surface area contributed by atoms with E-state index in [-0.39, 0.29) is 0 Å². The second kappa shape index (κ2) is 6.76. The molecule has 2 rings (SSSR count). The van der Waals surface area contributed by atoms with Gasteiger partial charge in [0.2, 0.25) is 0 Å². The normalized spacial score (nSPS) is 11.5. The van der Waals surface area contributed by atoms with E-state index in [1.807, 2.05) is 0 Å². The van der Waals surface area contributed by atoms with Crippen LogP contribution in [-0.4, -0.2) is 19.2 Å². The molecule has 0 amide bonds. The zero-order valence-electron chi connectivity index (χ0n) is 15.6. The van der Waals surface area contributed by atoms with Crippen molar-refractivity contribution in [3.8, 4) is 11.5 Å². The van der Waals surface area contributed by atoms with Crippen molar-refractivity contribution in [1.29, 1.82) is 0 Å². The third-order valence-corrected chi connectivity index (χ3v) is 8.79.